The second kappa shape index (κ2) is 7.71. The Hall–Kier alpha value is -3.17. The van der Waals surface area contributed by atoms with E-state index in [1.807, 2.05) is 26.0 Å². The van der Waals surface area contributed by atoms with Gasteiger partial charge in [-0.25, -0.2) is 14.8 Å². The van der Waals surface area contributed by atoms with E-state index in [4.69, 9.17) is 16.6 Å². The van der Waals surface area contributed by atoms with E-state index in [1.165, 1.54) is 6.07 Å². The number of hydrogen-bond acceptors (Lipinski definition) is 7. The van der Waals surface area contributed by atoms with E-state index >= 15 is 0 Å². The largest absolute Gasteiger partial charge is 0.476 e. The van der Waals surface area contributed by atoms with E-state index in [9.17, 15) is 19.8 Å². The molecule has 1 saturated heterocycles. The van der Waals surface area contributed by atoms with Crippen molar-refractivity contribution in [3.05, 3.63) is 56.6 Å². The average Bonchev–Trinajstić information content (AvgIpc) is 3.17. The molecule has 33 heavy (non-hydrogen) atoms. The molecule has 2 aliphatic rings. The predicted molar refractivity (Wildman–Crippen MR) is 125 cm³/mol. The third-order valence-corrected chi connectivity index (χ3v) is 6.88. The highest BCUT2D eigenvalue weighted by atomic mass is 35.5. The van der Waals surface area contributed by atoms with E-state index in [2.05, 4.69) is 15.2 Å². The van der Waals surface area contributed by atoms with Gasteiger partial charge in [0.2, 0.25) is 5.95 Å². The summed E-state index contributed by atoms with van der Waals surface area (Å²) in [6, 6.07) is 6.51. The smallest absolute Gasteiger partial charge is 0.356 e. The number of carboxylic acids is 1. The number of halogens is 1. The Kier molecular flexibility index (Phi) is 5.06. The summed E-state index contributed by atoms with van der Waals surface area (Å²) in [4.78, 5) is 35.8. The topological polar surface area (TPSA) is 121 Å². The van der Waals surface area contributed by atoms with Crippen LogP contribution < -0.4 is 15.8 Å². The van der Waals surface area contributed by atoms with E-state index in [1.54, 1.807) is 17.7 Å². The van der Waals surface area contributed by atoms with Crippen molar-refractivity contribution in [3.8, 4) is 0 Å². The molecule has 3 atom stereocenters. The van der Waals surface area contributed by atoms with Crippen molar-refractivity contribution in [3.63, 3.8) is 0 Å². The quantitative estimate of drug-likeness (QED) is 0.487. The second-order valence-corrected chi connectivity index (χ2v) is 9.34. The van der Waals surface area contributed by atoms with Gasteiger partial charge in [0, 0.05) is 37.5 Å². The van der Waals surface area contributed by atoms with Gasteiger partial charge in [-0.1, -0.05) is 17.7 Å². The van der Waals surface area contributed by atoms with Crippen LogP contribution in [0.3, 0.4) is 0 Å². The molecule has 0 amide bonds. The number of piperidine rings is 1. The zero-order valence-electron chi connectivity index (χ0n) is 18.4. The van der Waals surface area contributed by atoms with Gasteiger partial charge in [-0.3, -0.25) is 9.36 Å². The highest BCUT2D eigenvalue weighted by Crippen LogP contribution is 2.46. The third kappa shape index (κ3) is 3.61. The zero-order valence-corrected chi connectivity index (χ0v) is 19.2. The normalized spacial score (nSPS) is 22.3. The van der Waals surface area contributed by atoms with Gasteiger partial charge in [-0.15, -0.1) is 0 Å². The minimum Gasteiger partial charge on any atom is -0.476 e. The summed E-state index contributed by atoms with van der Waals surface area (Å²) in [6.45, 7) is 5.13. The Morgan fingerprint density at radius 2 is 1.94 bits per heavy atom. The van der Waals surface area contributed by atoms with Gasteiger partial charge in [0.05, 0.1) is 28.7 Å². The van der Waals surface area contributed by atoms with Crippen molar-refractivity contribution in [1.82, 2.24) is 14.5 Å². The molecule has 0 unspecified atom stereocenters. The van der Waals surface area contributed by atoms with Crippen LogP contribution in [0.25, 0.3) is 10.9 Å². The zero-order chi connectivity index (χ0) is 23.6. The fourth-order valence-electron chi connectivity index (χ4n) is 4.84. The first-order chi connectivity index (χ1) is 15.7. The van der Waals surface area contributed by atoms with Crippen LogP contribution in [-0.2, 0) is 7.05 Å². The Morgan fingerprint density at radius 3 is 2.61 bits per heavy atom. The van der Waals surface area contributed by atoms with E-state index in [-0.39, 0.29) is 40.4 Å². The SMILES string of the molecule is Cc1cc([C@@H](C)Nc2ccc(Cl)nc2C(=O)O)c2nc(N3C[C@@H]4C(O)[C@H]4C3)n(C)c(=O)c2c1. The first-order valence-electron chi connectivity index (χ1n) is 10.8. The Balaban J connectivity index is 1.58. The molecule has 3 heterocycles. The molecule has 1 aromatic carbocycles. The van der Waals surface area contributed by atoms with Gasteiger partial charge >= 0.3 is 5.97 Å². The lowest BCUT2D eigenvalue weighted by atomic mass is 10.0. The molecule has 0 spiro atoms. The number of fused-ring (bicyclic) bond motifs is 2. The number of carbonyl (C=O) groups is 1. The number of rotatable bonds is 5. The summed E-state index contributed by atoms with van der Waals surface area (Å²) in [5.41, 5.74) is 2.25. The number of aliphatic hydroxyl groups excluding tert-OH is 1. The molecule has 5 rings (SSSR count). The van der Waals surface area contributed by atoms with E-state index in [0.29, 0.717) is 35.6 Å². The lowest BCUT2D eigenvalue weighted by molar-refractivity contribution is 0.0691. The van der Waals surface area contributed by atoms with Gasteiger partial charge in [-0.2, -0.15) is 0 Å². The molecule has 9 nitrogen and oxygen atoms in total. The van der Waals surface area contributed by atoms with E-state index in [0.717, 1.165) is 11.1 Å². The van der Waals surface area contributed by atoms with Crippen LogP contribution in [0.2, 0.25) is 5.15 Å². The fourth-order valence-corrected chi connectivity index (χ4v) is 4.99. The molecule has 2 aromatic heterocycles. The van der Waals surface area contributed by atoms with Crippen molar-refractivity contribution < 1.29 is 15.0 Å². The number of nitrogens with zero attached hydrogens (tertiary/aromatic N) is 4. The minimum atomic E-state index is -1.19. The Bertz CT molecular complexity index is 1340. The van der Waals surface area contributed by atoms with Crippen molar-refractivity contribution in [1.29, 1.82) is 0 Å². The molecule has 1 aliphatic carbocycles. The van der Waals surface area contributed by atoms with Crippen molar-refractivity contribution in [2.75, 3.05) is 23.3 Å². The molecular weight excluding hydrogens is 446 g/mol. The maximum atomic E-state index is 13.3. The van der Waals surface area contributed by atoms with Crippen LogP contribution in [0.1, 0.15) is 34.6 Å². The van der Waals surface area contributed by atoms with Crippen molar-refractivity contribution in [2.45, 2.75) is 26.0 Å². The predicted octanol–water partition coefficient (Wildman–Crippen LogP) is 2.59. The first-order valence-corrected chi connectivity index (χ1v) is 11.1. The van der Waals surface area contributed by atoms with Crippen molar-refractivity contribution >= 4 is 40.1 Å². The molecule has 0 radical (unpaired) electrons. The van der Waals surface area contributed by atoms with E-state index < -0.39 is 5.97 Å². The highest BCUT2D eigenvalue weighted by Gasteiger charge is 2.55. The van der Waals surface area contributed by atoms with Crippen molar-refractivity contribution in [2.24, 2.45) is 18.9 Å². The number of aromatic nitrogens is 3. The molecule has 0 bridgehead atoms. The summed E-state index contributed by atoms with van der Waals surface area (Å²) >= 11 is 5.88. The number of hydrogen-bond donors (Lipinski definition) is 3. The molecule has 3 N–H and O–H groups in total. The number of carboxylic acid groups (broad SMARTS) is 1. The molecule has 1 aliphatic heterocycles. The molecule has 2 fully saturated rings. The number of pyridine rings is 1. The van der Waals surface area contributed by atoms with Crippen LogP contribution in [0, 0.1) is 18.8 Å². The van der Waals surface area contributed by atoms with Crippen LogP contribution in [0.5, 0.6) is 0 Å². The maximum absolute atomic E-state index is 13.3. The molecular formula is C23H24ClN5O4. The lowest BCUT2D eigenvalue weighted by Gasteiger charge is -2.24. The number of aliphatic hydroxyl groups is 1. The lowest BCUT2D eigenvalue weighted by Crippen LogP contribution is -2.33. The summed E-state index contributed by atoms with van der Waals surface area (Å²) in [5, 5.41) is 23.2. The Labute approximate surface area is 194 Å². The number of aryl methyl sites for hydroxylation is 1. The van der Waals surface area contributed by atoms with Crippen LogP contribution in [-0.4, -0.2) is 49.9 Å². The average molecular weight is 470 g/mol. The van der Waals surface area contributed by atoms with Gasteiger partial charge in [0.25, 0.3) is 5.56 Å². The Morgan fingerprint density at radius 1 is 1.24 bits per heavy atom. The summed E-state index contributed by atoms with van der Waals surface area (Å²) < 4.78 is 1.56. The monoisotopic (exact) mass is 469 g/mol. The van der Waals surface area contributed by atoms with Gasteiger partial charge in [0.15, 0.2) is 5.69 Å². The van der Waals surface area contributed by atoms with Gasteiger partial charge in [-0.05, 0) is 37.6 Å². The number of anilines is 2. The highest BCUT2D eigenvalue weighted by molar-refractivity contribution is 6.29. The summed E-state index contributed by atoms with van der Waals surface area (Å²) in [7, 11) is 1.71. The molecule has 3 aromatic rings. The second-order valence-electron chi connectivity index (χ2n) is 8.95. The number of benzene rings is 1. The molecule has 10 heteroatoms. The number of aromatic carboxylic acids is 1. The van der Waals surface area contributed by atoms with Gasteiger partial charge < -0.3 is 20.4 Å². The third-order valence-electron chi connectivity index (χ3n) is 6.66. The van der Waals surface area contributed by atoms with Gasteiger partial charge in [0.1, 0.15) is 5.15 Å². The number of nitrogens with one attached hydrogen (secondary N) is 1. The van der Waals surface area contributed by atoms with Crippen LogP contribution in [0.4, 0.5) is 11.6 Å². The molecule has 172 valence electrons. The molecule has 1 saturated carbocycles. The first kappa shape index (κ1) is 21.7. The van der Waals surface area contributed by atoms with Crippen LogP contribution >= 0.6 is 11.6 Å². The van der Waals surface area contributed by atoms with Crippen LogP contribution in [0.15, 0.2) is 29.1 Å². The minimum absolute atomic E-state index is 0.0928. The standard InChI is InChI=1S/C23H24ClN5O4/c1-10-6-12(11(2)25-16-4-5-17(24)26-19(16)22(32)33)18-13(7-10)21(31)28(3)23(27-18)29-8-14-15(9-29)20(14)30/h4-7,11,14-15,20,25,30H,8-9H2,1-3H3,(H,32,33)/t11-,14+,15+/m1/s1. The summed E-state index contributed by atoms with van der Waals surface area (Å²) in [6.07, 6.45) is -0.252. The fraction of sp³-hybridized carbons (Fsp3) is 0.391. The maximum Gasteiger partial charge on any atom is 0.356 e. The summed E-state index contributed by atoms with van der Waals surface area (Å²) in [5.74, 6) is -0.140.